The number of aryl methyl sites for hydroxylation is 1. The molecule has 26 heavy (non-hydrogen) atoms. The lowest BCUT2D eigenvalue weighted by Crippen LogP contribution is -2.23. The first-order chi connectivity index (χ1) is 12.5. The van der Waals surface area contributed by atoms with E-state index < -0.39 is 10.0 Å². The minimum atomic E-state index is -3.62. The van der Waals surface area contributed by atoms with Crippen molar-refractivity contribution in [2.45, 2.75) is 18.4 Å². The van der Waals surface area contributed by atoms with Crippen LogP contribution < -0.4 is 9.46 Å². The Morgan fingerprint density at radius 1 is 1.04 bits per heavy atom. The van der Waals surface area contributed by atoms with Gasteiger partial charge in [-0.25, -0.2) is 13.1 Å². The lowest BCUT2D eigenvalue weighted by Gasteiger charge is -2.11. The molecule has 0 saturated heterocycles. The highest BCUT2D eigenvalue weighted by Gasteiger charge is 2.15. The molecule has 0 amide bonds. The number of pyridine rings is 1. The van der Waals surface area contributed by atoms with Crippen molar-refractivity contribution in [1.29, 1.82) is 0 Å². The van der Waals surface area contributed by atoms with Gasteiger partial charge in [0.05, 0.1) is 17.7 Å². The van der Waals surface area contributed by atoms with Crippen LogP contribution in [0.15, 0.2) is 71.8 Å². The highest BCUT2D eigenvalue weighted by molar-refractivity contribution is 7.89. The van der Waals surface area contributed by atoms with E-state index in [1.54, 1.807) is 24.4 Å². The minimum Gasteiger partial charge on any atom is -0.497 e. The van der Waals surface area contributed by atoms with Crippen LogP contribution in [0.5, 0.6) is 5.75 Å². The predicted octanol–water partition coefficient (Wildman–Crippen LogP) is 3.54. The summed E-state index contributed by atoms with van der Waals surface area (Å²) in [7, 11) is -2.09. The van der Waals surface area contributed by atoms with E-state index in [4.69, 9.17) is 4.74 Å². The molecular weight excluding hydrogens is 348 g/mol. The molecule has 0 atom stereocenters. The van der Waals surface area contributed by atoms with Crippen molar-refractivity contribution in [2.75, 3.05) is 7.11 Å². The summed E-state index contributed by atoms with van der Waals surface area (Å²) in [4.78, 5) is 4.63. The second-order valence-corrected chi connectivity index (χ2v) is 7.65. The first-order valence-electron chi connectivity index (χ1n) is 8.14. The SMILES string of the molecule is COc1ccc(S(=O)(=O)NCc2cccnc2-c2cccc(C)c2)cc1. The average molecular weight is 368 g/mol. The van der Waals surface area contributed by atoms with Crippen LogP contribution in [0, 0.1) is 6.92 Å². The fourth-order valence-electron chi connectivity index (χ4n) is 2.64. The number of aromatic nitrogens is 1. The maximum absolute atomic E-state index is 12.5. The van der Waals surface area contributed by atoms with Gasteiger partial charge < -0.3 is 4.74 Å². The summed E-state index contributed by atoms with van der Waals surface area (Å²) < 4.78 is 32.8. The van der Waals surface area contributed by atoms with Crippen LogP contribution in [0.3, 0.4) is 0 Å². The van der Waals surface area contributed by atoms with Gasteiger partial charge in [-0.1, -0.05) is 29.8 Å². The number of ether oxygens (including phenoxy) is 1. The van der Waals surface area contributed by atoms with Crippen molar-refractivity contribution in [1.82, 2.24) is 9.71 Å². The average Bonchev–Trinajstić information content (AvgIpc) is 2.67. The Morgan fingerprint density at radius 3 is 2.50 bits per heavy atom. The lowest BCUT2D eigenvalue weighted by atomic mass is 10.0. The summed E-state index contributed by atoms with van der Waals surface area (Å²) in [5.41, 5.74) is 3.67. The molecule has 1 heterocycles. The largest absolute Gasteiger partial charge is 0.497 e. The van der Waals surface area contributed by atoms with Gasteiger partial charge in [-0.2, -0.15) is 0 Å². The fraction of sp³-hybridized carbons (Fsp3) is 0.150. The molecular formula is C20H20N2O3S. The number of nitrogens with one attached hydrogen (secondary N) is 1. The number of hydrogen-bond donors (Lipinski definition) is 1. The summed E-state index contributed by atoms with van der Waals surface area (Å²) in [5.74, 6) is 0.609. The van der Waals surface area contributed by atoms with Crippen molar-refractivity contribution in [3.8, 4) is 17.0 Å². The van der Waals surface area contributed by atoms with Crippen LogP contribution in [0.2, 0.25) is 0 Å². The summed E-state index contributed by atoms with van der Waals surface area (Å²) in [6, 6.07) is 17.9. The normalized spacial score (nSPS) is 11.3. The fourth-order valence-corrected chi connectivity index (χ4v) is 3.65. The van der Waals surface area contributed by atoms with Gasteiger partial charge in [-0.15, -0.1) is 0 Å². The first kappa shape index (κ1) is 18.1. The highest BCUT2D eigenvalue weighted by atomic mass is 32.2. The van der Waals surface area contributed by atoms with E-state index in [1.165, 1.54) is 19.2 Å². The van der Waals surface area contributed by atoms with Gasteiger partial charge in [0, 0.05) is 18.3 Å². The van der Waals surface area contributed by atoms with Gasteiger partial charge >= 0.3 is 0 Å². The first-order valence-corrected chi connectivity index (χ1v) is 9.62. The van der Waals surface area contributed by atoms with E-state index in [-0.39, 0.29) is 11.4 Å². The number of methoxy groups -OCH3 is 1. The quantitative estimate of drug-likeness (QED) is 0.722. The molecule has 6 heteroatoms. The molecule has 0 spiro atoms. The van der Waals surface area contributed by atoms with Crippen LogP contribution in [-0.4, -0.2) is 20.5 Å². The molecule has 3 rings (SSSR count). The summed E-state index contributed by atoms with van der Waals surface area (Å²) in [5, 5.41) is 0. The molecule has 5 nitrogen and oxygen atoms in total. The van der Waals surface area contributed by atoms with Gasteiger partial charge in [-0.05, 0) is 48.9 Å². The van der Waals surface area contributed by atoms with Crippen molar-refractivity contribution in [3.63, 3.8) is 0 Å². The van der Waals surface area contributed by atoms with Gasteiger partial charge in [0.1, 0.15) is 5.75 Å². The van der Waals surface area contributed by atoms with E-state index in [0.29, 0.717) is 5.75 Å². The molecule has 0 radical (unpaired) electrons. The Kier molecular flexibility index (Phi) is 5.35. The topological polar surface area (TPSA) is 68.3 Å². The molecule has 0 saturated carbocycles. The third kappa shape index (κ3) is 4.09. The maximum atomic E-state index is 12.5. The Labute approximate surface area is 153 Å². The van der Waals surface area contributed by atoms with E-state index in [1.807, 2.05) is 37.3 Å². The summed E-state index contributed by atoms with van der Waals surface area (Å²) in [6.45, 7) is 2.17. The molecule has 0 unspecified atom stereocenters. The molecule has 1 aromatic heterocycles. The zero-order valence-corrected chi connectivity index (χ0v) is 15.5. The van der Waals surface area contributed by atoms with Crippen LogP contribution in [0.1, 0.15) is 11.1 Å². The van der Waals surface area contributed by atoms with Gasteiger partial charge in [-0.3, -0.25) is 4.98 Å². The summed E-state index contributed by atoms with van der Waals surface area (Å²) >= 11 is 0. The summed E-state index contributed by atoms with van der Waals surface area (Å²) in [6.07, 6.45) is 1.71. The maximum Gasteiger partial charge on any atom is 0.240 e. The van der Waals surface area contributed by atoms with Crippen LogP contribution in [0.4, 0.5) is 0 Å². The molecule has 0 aliphatic carbocycles. The van der Waals surface area contributed by atoms with Gasteiger partial charge in [0.2, 0.25) is 10.0 Å². The van der Waals surface area contributed by atoms with Crippen molar-refractivity contribution in [3.05, 3.63) is 78.0 Å². The minimum absolute atomic E-state index is 0.158. The Hall–Kier alpha value is -2.70. The Bertz CT molecular complexity index is 1000. The van der Waals surface area contributed by atoms with Gasteiger partial charge in [0.25, 0.3) is 0 Å². The molecule has 1 N–H and O–H groups in total. The van der Waals surface area contributed by atoms with E-state index >= 15 is 0 Å². The third-order valence-electron chi connectivity index (χ3n) is 4.01. The molecule has 3 aromatic rings. The predicted molar refractivity (Wildman–Crippen MR) is 101 cm³/mol. The van der Waals surface area contributed by atoms with Gasteiger partial charge in [0.15, 0.2) is 0 Å². The monoisotopic (exact) mass is 368 g/mol. The molecule has 0 aliphatic rings. The zero-order valence-electron chi connectivity index (χ0n) is 14.6. The smallest absolute Gasteiger partial charge is 0.240 e. The Balaban J connectivity index is 1.83. The molecule has 134 valence electrons. The Morgan fingerprint density at radius 2 is 1.81 bits per heavy atom. The number of benzene rings is 2. The molecule has 2 aromatic carbocycles. The number of nitrogens with zero attached hydrogens (tertiary/aromatic N) is 1. The second-order valence-electron chi connectivity index (χ2n) is 5.88. The van der Waals surface area contributed by atoms with E-state index in [0.717, 1.165) is 22.4 Å². The number of sulfonamides is 1. The number of rotatable bonds is 6. The van der Waals surface area contributed by atoms with Crippen LogP contribution in [0.25, 0.3) is 11.3 Å². The highest BCUT2D eigenvalue weighted by Crippen LogP contribution is 2.23. The standard InChI is InChI=1S/C20H20N2O3S/c1-15-5-3-6-16(13-15)20-17(7-4-12-21-20)14-22-26(23,24)19-10-8-18(25-2)9-11-19/h3-13,22H,14H2,1-2H3. The van der Waals surface area contributed by atoms with Crippen LogP contribution >= 0.6 is 0 Å². The molecule has 0 bridgehead atoms. The molecule has 0 fully saturated rings. The zero-order chi connectivity index (χ0) is 18.6. The van der Waals surface area contributed by atoms with E-state index in [9.17, 15) is 8.42 Å². The van der Waals surface area contributed by atoms with E-state index in [2.05, 4.69) is 9.71 Å². The third-order valence-corrected chi connectivity index (χ3v) is 5.42. The van der Waals surface area contributed by atoms with Crippen molar-refractivity contribution < 1.29 is 13.2 Å². The van der Waals surface area contributed by atoms with Crippen LogP contribution in [-0.2, 0) is 16.6 Å². The number of hydrogen-bond acceptors (Lipinski definition) is 4. The lowest BCUT2D eigenvalue weighted by molar-refractivity contribution is 0.414. The van der Waals surface area contributed by atoms with Crippen molar-refractivity contribution >= 4 is 10.0 Å². The van der Waals surface area contributed by atoms with Crippen molar-refractivity contribution in [2.24, 2.45) is 0 Å². The molecule has 0 aliphatic heterocycles. The second kappa shape index (κ2) is 7.68.